The number of likely N-dealkylation sites (tertiary alicyclic amines) is 1. The molecule has 1 aromatic heterocycles. The number of ether oxygens (including phenoxy) is 2. The van der Waals surface area contributed by atoms with Gasteiger partial charge >= 0.3 is 0 Å². The summed E-state index contributed by atoms with van der Waals surface area (Å²) < 4.78 is 53.4. The average molecular weight is 548 g/mol. The fourth-order valence-corrected chi connectivity index (χ4v) is 7.60. The number of hydrogen-bond acceptors (Lipinski definition) is 8. The minimum absolute atomic E-state index is 0.0212. The van der Waals surface area contributed by atoms with Crippen LogP contribution in [-0.4, -0.2) is 118 Å². The first-order valence-electron chi connectivity index (χ1n) is 13.4. The summed E-state index contributed by atoms with van der Waals surface area (Å²) in [7, 11) is -3.83. The lowest BCUT2D eigenvalue weighted by Gasteiger charge is -2.36. The number of benzene rings is 1. The topological polar surface area (TPSA) is 97.2 Å². The Morgan fingerprint density at radius 3 is 2.47 bits per heavy atom. The van der Waals surface area contributed by atoms with Crippen molar-refractivity contribution >= 4 is 15.7 Å². The van der Waals surface area contributed by atoms with Crippen molar-refractivity contribution in [2.24, 2.45) is 0 Å². The maximum Gasteiger partial charge on any atom is 0.274 e. The fourth-order valence-electron chi connectivity index (χ4n) is 6.00. The van der Waals surface area contributed by atoms with Gasteiger partial charge in [0.15, 0.2) is 15.5 Å². The molecule has 10 nitrogen and oxygen atoms in total. The zero-order valence-corrected chi connectivity index (χ0v) is 22.3. The third-order valence-electron chi connectivity index (χ3n) is 8.04. The van der Waals surface area contributed by atoms with Crippen molar-refractivity contribution in [3.63, 3.8) is 0 Å². The zero-order chi connectivity index (χ0) is 26.3. The van der Waals surface area contributed by atoms with Gasteiger partial charge in [0.2, 0.25) is 0 Å². The summed E-state index contributed by atoms with van der Waals surface area (Å²) in [4.78, 5) is 20.1. The van der Waals surface area contributed by atoms with Crippen LogP contribution in [0.4, 0.5) is 4.39 Å². The number of carbonyl (C=O) groups is 1. The molecule has 0 aliphatic carbocycles. The standard InChI is InChI=1S/C26H34FN5O5S/c27-19-3-4-21-23(16-19)38(34,35)18-22-24(26(33)31-10-14-37-15-11-31)28-32(25(21)22)20-2-1-5-30(17-20)7-6-29-8-12-36-13-9-29/h3-4,16,20H,1-2,5-15,17-18H2. The summed E-state index contributed by atoms with van der Waals surface area (Å²) in [6, 6.07) is 3.86. The number of nitrogens with zero attached hydrogens (tertiary/aromatic N) is 5. The number of rotatable bonds is 5. The molecule has 5 heterocycles. The Morgan fingerprint density at radius 1 is 1.00 bits per heavy atom. The van der Waals surface area contributed by atoms with Gasteiger partial charge in [-0.25, -0.2) is 12.8 Å². The molecule has 0 saturated carbocycles. The lowest BCUT2D eigenvalue weighted by atomic mass is 10.0. The molecule has 0 radical (unpaired) electrons. The molecular weight excluding hydrogens is 513 g/mol. The largest absolute Gasteiger partial charge is 0.379 e. The van der Waals surface area contributed by atoms with Crippen LogP contribution in [0.3, 0.4) is 0 Å². The smallest absolute Gasteiger partial charge is 0.274 e. The van der Waals surface area contributed by atoms with Crippen molar-refractivity contribution in [1.29, 1.82) is 0 Å². The number of morpholine rings is 2. The van der Waals surface area contributed by atoms with Gasteiger partial charge in [-0.1, -0.05) is 0 Å². The molecule has 3 saturated heterocycles. The SMILES string of the molecule is O=C(c1nn(C2CCCN(CCN3CCOCC3)C2)c2c1CS(=O)(=O)c1cc(F)ccc1-2)N1CCOCC1. The molecule has 2 aromatic rings. The van der Waals surface area contributed by atoms with Crippen molar-refractivity contribution < 1.29 is 27.1 Å². The second-order valence-corrected chi connectivity index (χ2v) is 12.4. The molecule has 0 spiro atoms. The Hall–Kier alpha value is -2.38. The quantitative estimate of drug-likeness (QED) is 0.555. The molecule has 1 aromatic carbocycles. The molecule has 0 N–H and O–H groups in total. The number of carbonyl (C=O) groups excluding carboxylic acids is 1. The molecule has 12 heteroatoms. The molecule has 3 fully saturated rings. The van der Waals surface area contributed by atoms with Crippen LogP contribution in [0.25, 0.3) is 11.3 Å². The first-order chi connectivity index (χ1) is 18.4. The number of piperidine rings is 1. The molecule has 4 aliphatic rings. The molecule has 0 bridgehead atoms. The van der Waals surface area contributed by atoms with E-state index in [-0.39, 0.29) is 28.3 Å². The van der Waals surface area contributed by atoms with Gasteiger partial charge in [-0.3, -0.25) is 19.3 Å². The minimum atomic E-state index is -3.83. The average Bonchev–Trinajstić information content (AvgIpc) is 3.31. The molecule has 206 valence electrons. The van der Waals surface area contributed by atoms with Crippen LogP contribution < -0.4 is 0 Å². The monoisotopic (exact) mass is 547 g/mol. The highest BCUT2D eigenvalue weighted by atomic mass is 32.2. The van der Waals surface area contributed by atoms with E-state index in [2.05, 4.69) is 9.80 Å². The summed E-state index contributed by atoms with van der Waals surface area (Å²) in [6.07, 6.45) is 1.85. The van der Waals surface area contributed by atoms with E-state index < -0.39 is 15.7 Å². The summed E-state index contributed by atoms with van der Waals surface area (Å²) in [6.45, 7) is 8.82. The predicted octanol–water partition coefficient (Wildman–Crippen LogP) is 1.42. The highest BCUT2D eigenvalue weighted by Gasteiger charge is 2.39. The molecule has 1 atom stereocenters. The molecular formula is C26H34FN5O5S. The second-order valence-electron chi connectivity index (χ2n) is 10.5. The van der Waals surface area contributed by atoms with Crippen LogP contribution >= 0.6 is 0 Å². The van der Waals surface area contributed by atoms with E-state index in [0.29, 0.717) is 43.1 Å². The number of hydrogen-bond donors (Lipinski definition) is 0. The Labute approximate surface area is 222 Å². The molecule has 1 amide bonds. The van der Waals surface area contributed by atoms with E-state index >= 15 is 0 Å². The highest BCUT2D eigenvalue weighted by Crippen LogP contribution is 2.42. The van der Waals surface area contributed by atoms with E-state index in [1.54, 1.807) is 4.90 Å². The molecule has 4 aliphatic heterocycles. The van der Waals surface area contributed by atoms with Gasteiger partial charge in [0.25, 0.3) is 5.91 Å². The highest BCUT2D eigenvalue weighted by molar-refractivity contribution is 7.90. The number of fused-ring (bicyclic) bond motifs is 3. The Balaban J connectivity index is 1.35. The molecule has 38 heavy (non-hydrogen) atoms. The maximum absolute atomic E-state index is 14.2. The summed E-state index contributed by atoms with van der Waals surface area (Å²) in [5, 5.41) is 4.83. The van der Waals surface area contributed by atoms with Crippen molar-refractivity contribution in [2.45, 2.75) is 29.5 Å². The lowest BCUT2D eigenvalue weighted by Crippen LogP contribution is -2.44. The third-order valence-corrected chi connectivity index (χ3v) is 9.72. The van der Waals surface area contributed by atoms with Gasteiger partial charge in [-0.15, -0.1) is 0 Å². The summed E-state index contributed by atoms with van der Waals surface area (Å²) in [5.74, 6) is -1.24. The third kappa shape index (κ3) is 5.00. The van der Waals surface area contributed by atoms with E-state index in [1.165, 1.54) is 12.1 Å². The number of aromatic nitrogens is 2. The normalized spacial score (nSPS) is 24.1. The van der Waals surface area contributed by atoms with Gasteiger partial charge in [-0.05, 0) is 37.6 Å². The molecule has 6 rings (SSSR count). The Bertz CT molecular complexity index is 1300. The lowest BCUT2D eigenvalue weighted by molar-refractivity contribution is 0.0294. The van der Waals surface area contributed by atoms with Crippen molar-refractivity contribution in [2.75, 3.05) is 78.8 Å². The van der Waals surface area contributed by atoms with Gasteiger partial charge in [0.05, 0.1) is 48.8 Å². The van der Waals surface area contributed by atoms with E-state index in [1.807, 2.05) is 4.68 Å². The number of halogens is 1. The summed E-state index contributed by atoms with van der Waals surface area (Å²) in [5.41, 5.74) is 1.66. The van der Waals surface area contributed by atoms with Crippen LogP contribution in [0.2, 0.25) is 0 Å². The second kappa shape index (κ2) is 10.6. The number of amides is 1. The Morgan fingerprint density at radius 2 is 1.71 bits per heavy atom. The first kappa shape index (κ1) is 25.9. The first-order valence-corrected chi connectivity index (χ1v) is 15.1. The zero-order valence-electron chi connectivity index (χ0n) is 21.5. The van der Waals surface area contributed by atoms with Crippen LogP contribution in [-0.2, 0) is 25.1 Å². The van der Waals surface area contributed by atoms with Gasteiger partial charge < -0.3 is 14.4 Å². The summed E-state index contributed by atoms with van der Waals surface area (Å²) >= 11 is 0. The van der Waals surface area contributed by atoms with Crippen LogP contribution in [0.15, 0.2) is 23.1 Å². The van der Waals surface area contributed by atoms with Gasteiger partial charge in [0.1, 0.15) is 5.82 Å². The van der Waals surface area contributed by atoms with Gasteiger partial charge in [0, 0.05) is 56.9 Å². The van der Waals surface area contributed by atoms with E-state index in [4.69, 9.17) is 14.6 Å². The Kier molecular flexibility index (Phi) is 7.25. The minimum Gasteiger partial charge on any atom is -0.379 e. The van der Waals surface area contributed by atoms with E-state index in [0.717, 1.165) is 71.4 Å². The van der Waals surface area contributed by atoms with Crippen LogP contribution in [0.1, 0.15) is 34.9 Å². The van der Waals surface area contributed by atoms with Crippen LogP contribution in [0.5, 0.6) is 0 Å². The number of sulfone groups is 1. The van der Waals surface area contributed by atoms with Crippen molar-refractivity contribution in [3.8, 4) is 11.3 Å². The molecule has 1 unspecified atom stereocenters. The fraction of sp³-hybridized carbons (Fsp3) is 0.615. The van der Waals surface area contributed by atoms with Crippen molar-refractivity contribution in [3.05, 3.63) is 35.3 Å². The maximum atomic E-state index is 14.2. The van der Waals surface area contributed by atoms with Crippen molar-refractivity contribution in [1.82, 2.24) is 24.5 Å². The van der Waals surface area contributed by atoms with E-state index in [9.17, 15) is 17.6 Å². The van der Waals surface area contributed by atoms with Crippen LogP contribution in [0, 0.1) is 5.82 Å². The predicted molar refractivity (Wildman–Crippen MR) is 137 cm³/mol. The van der Waals surface area contributed by atoms with Gasteiger partial charge in [-0.2, -0.15) is 5.10 Å².